The van der Waals surface area contributed by atoms with Crippen LogP contribution in [-0.2, 0) is 10.2 Å². The molecule has 1 atom stereocenters. The zero-order valence-corrected chi connectivity index (χ0v) is 15.8. The van der Waals surface area contributed by atoms with Crippen LogP contribution in [0.25, 0.3) is 5.57 Å². The van der Waals surface area contributed by atoms with E-state index in [0.29, 0.717) is 17.8 Å². The van der Waals surface area contributed by atoms with Crippen molar-refractivity contribution in [3.05, 3.63) is 46.3 Å². The summed E-state index contributed by atoms with van der Waals surface area (Å²) in [6.45, 7) is 5.42. The standard InChI is InChI=1S/C20H23N3OS/c1-14-11-23(3)19(25-13-14)8-17(16(9-21)12-24)15-4-5-18(22-10-15)20(2)6-7-20/h4-5,8,10,12,14H,6-7,11,13H2,1-3H3/b17-16+,19-8+. The number of nitrogens with zero attached hydrogens (tertiary/aromatic N) is 3. The van der Waals surface area contributed by atoms with Crippen molar-refractivity contribution in [2.24, 2.45) is 5.92 Å². The van der Waals surface area contributed by atoms with Gasteiger partial charge < -0.3 is 4.90 Å². The number of allylic oxidation sites excluding steroid dienone is 3. The maximum atomic E-state index is 11.4. The summed E-state index contributed by atoms with van der Waals surface area (Å²) in [4.78, 5) is 18.2. The second-order valence-corrected chi connectivity index (χ2v) is 8.37. The number of rotatable bonds is 4. The molecule has 0 amide bonds. The maximum absolute atomic E-state index is 11.4. The topological polar surface area (TPSA) is 57.0 Å². The Balaban J connectivity index is 1.98. The van der Waals surface area contributed by atoms with Crippen molar-refractivity contribution in [2.75, 3.05) is 19.3 Å². The number of carbonyl (C=O) groups excluding carboxylic acids is 1. The molecule has 2 aliphatic rings. The summed E-state index contributed by atoms with van der Waals surface area (Å²) in [5.41, 5.74) is 2.91. The number of nitriles is 1. The summed E-state index contributed by atoms with van der Waals surface area (Å²) in [5, 5.41) is 10.5. The number of pyridine rings is 1. The van der Waals surface area contributed by atoms with Crippen molar-refractivity contribution in [1.29, 1.82) is 5.26 Å². The highest BCUT2D eigenvalue weighted by Gasteiger charge is 2.40. The van der Waals surface area contributed by atoms with Crippen molar-refractivity contribution in [2.45, 2.75) is 32.1 Å². The molecule has 4 nitrogen and oxygen atoms in total. The third-order valence-electron chi connectivity index (χ3n) is 4.97. The van der Waals surface area contributed by atoms with Gasteiger partial charge in [-0.05, 0) is 30.9 Å². The first-order valence-corrected chi connectivity index (χ1v) is 9.57. The molecular weight excluding hydrogens is 330 g/mol. The fourth-order valence-electron chi connectivity index (χ4n) is 3.04. The van der Waals surface area contributed by atoms with Gasteiger partial charge in [-0.15, -0.1) is 11.8 Å². The van der Waals surface area contributed by atoms with Gasteiger partial charge in [0, 0.05) is 47.8 Å². The van der Waals surface area contributed by atoms with Gasteiger partial charge in [0.2, 0.25) is 0 Å². The molecule has 0 radical (unpaired) electrons. The van der Waals surface area contributed by atoms with Gasteiger partial charge in [-0.3, -0.25) is 9.78 Å². The van der Waals surface area contributed by atoms with Crippen LogP contribution >= 0.6 is 11.8 Å². The van der Waals surface area contributed by atoms with E-state index in [4.69, 9.17) is 0 Å². The molecule has 1 unspecified atom stereocenters. The molecule has 0 spiro atoms. The third kappa shape index (κ3) is 3.80. The average molecular weight is 353 g/mol. The summed E-state index contributed by atoms with van der Waals surface area (Å²) >= 11 is 1.77. The van der Waals surface area contributed by atoms with Gasteiger partial charge in [0.1, 0.15) is 6.07 Å². The molecule has 1 aromatic heterocycles. The molecule has 5 heteroatoms. The minimum absolute atomic E-state index is 0.146. The van der Waals surface area contributed by atoms with Crippen molar-refractivity contribution >= 4 is 23.6 Å². The molecule has 2 fully saturated rings. The van der Waals surface area contributed by atoms with Gasteiger partial charge >= 0.3 is 0 Å². The van der Waals surface area contributed by atoms with Crippen LogP contribution in [0, 0.1) is 17.2 Å². The van der Waals surface area contributed by atoms with Gasteiger partial charge in [0.05, 0.1) is 10.6 Å². The van der Waals surface area contributed by atoms with Crippen molar-refractivity contribution < 1.29 is 4.79 Å². The Morgan fingerprint density at radius 2 is 2.24 bits per heavy atom. The quantitative estimate of drug-likeness (QED) is 0.468. The predicted molar refractivity (Wildman–Crippen MR) is 102 cm³/mol. The maximum Gasteiger partial charge on any atom is 0.161 e. The highest BCUT2D eigenvalue weighted by atomic mass is 32.2. The van der Waals surface area contributed by atoms with Crippen LogP contribution in [0.5, 0.6) is 0 Å². The number of hydrogen-bond acceptors (Lipinski definition) is 5. The second kappa shape index (κ2) is 7.05. The Kier molecular flexibility index (Phi) is 5.01. The van der Waals surface area contributed by atoms with E-state index in [1.807, 2.05) is 31.3 Å². The van der Waals surface area contributed by atoms with Crippen LogP contribution < -0.4 is 0 Å². The molecule has 130 valence electrons. The van der Waals surface area contributed by atoms with Crippen LogP contribution in [0.3, 0.4) is 0 Å². The first-order chi connectivity index (χ1) is 12.0. The molecule has 1 aliphatic carbocycles. The largest absolute Gasteiger partial charge is 0.369 e. The highest BCUT2D eigenvalue weighted by molar-refractivity contribution is 8.03. The van der Waals surface area contributed by atoms with Crippen LogP contribution in [-0.4, -0.2) is 35.5 Å². The molecule has 25 heavy (non-hydrogen) atoms. The van der Waals surface area contributed by atoms with Gasteiger partial charge in [-0.2, -0.15) is 5.26 Å². The number of aromatic nitrogens is 1. The van der Waals surface area contributed by atoms with Crippen molar-refractivity contribution in [1.82, 2.24) is 9.88 Å². The minimum Gasteiger partial charge on any atom is -0.369 e. The molecule has 1 aliphatic heterocycles. The van der Waals surface area contributed by atoms with E-state index in [1.165, 1.54) is 12.8 Å². The van der Waals surface area contributed by atoms with Crippen LogP contribution in [0.2, 0.25) is 0 Å². The summed E-state index contributed by atoms with van der Waals surface area (Å²) in [7, 11) is 2.05. The first kappa shape index (κ1) is 17.8. The lowest BCUT2D eigenvalue weighted by Gasteiger charge is -2.31. The van der Waals surface area contributed by atoms with E-state index in [2.05, 4.69) is 23.7 Å². The molecule has 1 saturated carbocycles. The fourth-order valence-corrected chi connectivity index (χ4v) is 4.10. The lowest BCUT2D eigenvalue weighted by atomic mass is 9.99. The van der Waals surface area contributed by atoms with Crippen LogP contribution in [0.15, 0.2) is 35.0 Å². The molecule has 0 aromatic carbocycles. The molecule has 0 N–H and O–H groups in total. The van der Waals surface area contributed by atoms with E-state index >= 15 is 0 Å². The minimum atomic E-state index is 0.146. The number of aldehydes is 1. The van der Waals surface area contributed by atoms with Crippen LogP contribution in [0.4, 0.5) is 0 Å². The summed E-state index contributed by atoms with van der Waals surface area (Å²) in [5.74, 6) is 1.67. The Morgan fingerprint density at radius 1 is 1.48 bits per heavy atom. The zero-order valence-electron chi connectivity index (χ0n) is 15.0. The Hall–Kier alpha value is -2.06. The molecule has 0 bridgehead atoms. The van der Waals surface area contributed by atoms with Crippen molar-refractivity contribution in [3.63, 3.8) is 0 Å². The molecule has 2 heterocycles. The number of thioether (sulfide) groups is 1. The van der Waals surface area contributed by atoms with Crippen molar-refractivity contribution in [3.8, 4) is 6.07 Å². The third-order valence-corrected chi connectivity index (χ3v) is 6.43. The lowest BCUT2D eigenvalue weighted by Crippen LogP contribution is -2.28. The Morgan fingerprint density at radius 3 is 2.76 bits per heavy atom. The first-order valence-electron chi connectivity index (χ1n) is 8.59. The number of carbonyl (C=O) groups is 1. The van der Waals surface area contributed by atoms with Crippen LogP contribution in [0.1, 0.15) is 37.9 Å². The molecule has 3 rings (SSSR count). The fraction of sp³-hybridized carbons (Fsp3) is 0.450. The Labute approximate surface area is 153 Å². The highest BCUT2D eigenvalue weighted by Crippen LogP contribution is 2.46. The number of hydrogen-bond donors (Lipinski definition) is 0. The smallest absolute Gasteiger partial charge is 0.161 e. The lowest BCUT2D eigenvalue weighted by molar-refractivity contribution is -0.104. The van der Waals surface area contributed by atoms with E-state index < -0.39 is 0 Å². The SMILES string of the molecule is CC1CS/C(=C/C(=C(/C#N)C=O)c2ccc(C3(C)CC3)nc2)N(C)C1. The zero-order chi connectivity index (χ0) is 18.0. The Bertz CT molecular complexity index is 769. The summed E-state index contributed by atoms with van der Waals surface area (Å²) in [6.07, 6.45) is 6.73. The van der Waals surface area contributed by atoms with Gasteiger partial charge in [0.15, 0.2) is 6.29 Å². The second-order valence-electron chi connectivity index (χ2n) is 7.33. The molecular formula is C20H23N3OS. The monoisotopic (exact) mass is 353 g/mol. The summed E-state index contributed by atoms with van der Waals surface area (Å²) in [6, 6.07) is 6.04. The van der Waals surface area contributed by atoms with E-state index in [9.17, 15) is 10.1 Å². The molecule has 1 saturated heterocycles. The van der Waals surface area contributed by atoms with Gasteiger partial charge in [-0.25, -0.2) is 0 Å². The summed E-state index contributed by atoms with van der Waals surface area (Å²) < 4.78 is 0. The van der Waals surface area contributed by atoms with Gasteiger partial charge in [-0.1, -0.05) is 19.9 Å². The predicted octanol–water partition coefficient (Wildman–Crippen LogP) is 3.77. The van der Waals surface area contributed by atoms with E-state index in [0.717, 1.165) is 28.6 Å². The van der Waals surface area contributed by atoms with E-state index in [1.54, 1.807) is 18.0 Å². The molecule has 1 aromatic rings. The van der Waals surface area contributed by atoms with Gasteiger partial charge in [0.25, 0.3) is 0 Å². The average Bonchev–Trinajstić information content (AvgIpc) is 3.36. The van der Waals surface area contributed by atoms with E-state index in [-0.39, 0.29) is 11.0 Å². The normalized spacial score (nSPS) is 24.5.